The molecule has 1 aliphatic heterocycles. The van der Waals surface area contributed by atoms with Crippen LogP contribution in [-0.2, 0) is 17.3 Å². The fourth-order valence-electron chi connectivity index (χ4n) is 1.92. The molecule has 1 aliphatic rings. The number of hydrogen-bond acceptors (Lipinski definition) is 3. The summed E-state index contributed by atoms with van der Waals surface area (Å²) in [7, 11) is -0.715. The second kappa shape index (κ2) is 4.93. The van der Waals surface area contributed by atoms with E-state index in [-0.39, 0.29) is 12.4 Å². The average Bonchev–Trinajstić information content (AvgIpc) is 2.30. The zero-order chi connectivity index (χ0) is 11.5. The van der Waals surface area contributed by atoms with Gasteiger partial charge >= 0.3 is 0 Å². The summed E-state index contributed by atoms with van der Waals surface area (Å²) in [4.78, 5) is 2.06. The van der Waals surface area contributed by atoms with E-state index in [4.69, 9.17) is 5.73 Å². The second-order valence-electron chi connectivity index (χ2n) is 3.78. The Morgan fingerprint density at radius 2 is 2.06 bits per heavy atom. The van der Waals surface area contributed by atoms with Crippen LogP contribution in [0.1, 0.15) is 5.56 Å². The lowest BCUT2D eigenvalue weighted by Gasteiger charge is -2.30. The third-order valence-corrected chi connectivity index (χ3v) is 4.09. The molecule has 0 radical (unpaired) electrons. The van der Waals surface area contributed by atoms with Crippen LogP contribution in [-0.4, -0.2) is 28.8 Å². The predicted molar refractivity (Wildman–Crippen MR) is 64.4 cm³/mol. The van der Waals surface area contributed by atoms with Crippen molar-refractivity contribution >= 4 is 16.5 Å². The van der Waals surface area contributed by atoms with Gasteiger partial charge in [0.1, 0.15) is 5.82 Å². The summed E-state index contributed by atoms with van der Waals surface area (Å²) < 4.78 is 24.8. The molecule has 0 bridgehead atoms. The molecule has 1 heterocycles. The Bertz CT molecular complexity index is 401. The molecule has 0 spiro atoms. The van der Waals surface area contributed by atoms with Crippen molar-refractivity contribution in [1.29, 1.82) is 0 Å². The van der Waals surface area contributed by atoms with Gasteiger partial charge in [-0.15, -0.1) is 0 Å². The lowest BCUT2D eigenvalue weighted by Crippen LogP contribution is -2.38. The molecular formula is C11H15FN2OS. The van der Waals surface area contributed by atoms with Gasteiger partial charge in [0.25, 0.3) is 0 Å². The van der Waals surface area contributed by atoms with Gasteiger partial charge in [-0.1, -0.05) is 6.07 Å². The van der Waals surface area contributed by atoms with Gasteiger partial charge in [0, 0.05) is 53.2 Å². The Labute approximate surface area is 96.9 Å². The SMILES string of the molecule is NCc1c(F)cccc1N1CCS(=O)CC1. The van der Waals surface area contributed by atoms with Gasteiger partial charge in [-0.05, 0) is 12.1 Å². The summed E-state index contributed by atoms with van der Waals surface area (Å²) in [6.45, 7) is 1.62. The predicted octanol–water partition coefficient (Wildman–Crippen LogP) is 0.853. The molecule has 16 heavy (non-hydrogen) atoms. The fourth-order valence-corrected chi connectivity index (χ4v) is 2.98. The maximum Gasteiger partial charge on any atom is 0.129 e. The number of hydrogen-bond donors (Lipinski definition) is 1. The molecule has 2 rings (SSSR count). The van der Waals surface area contributed by atoms with Crippen molar-refractivity contribution in [2.75, 3.05) is 29.5 Å². The van der Waals surface area contributed by atoms with Gasteiger partial charge in [-0.25, -0.2) is 4.39 Å². The third kappa shape index (κ3) is 2.25. The number of nitrogens with two attached hydrogens (primary N) is 1. The summed E-state index contributed by atoms with van der Waals surface area (Å²) in [6.07, 6.45) is 0. The van der Waals surface area contributed by atoms with E-state index in [1.807, 2.05) is 6.07 Å². The van der Waals surface area contributed by atoms with Crippen molar-refractivity contribution < 1.29 is 8.60 Å². The zero-order valence-corrected chi connectivity index (χ0v) is 9.80. The van der Waals surface area contributed by atoms with Crippen molar-refractivity contribution in [3.63, 3.8) is 0 Å². The van der Waals surface area contributed by atoms with Gasteiger partial charge in [0.15, 0.2) is 0 Å². The van der Waals surface area contributed by atoms with Crippen LogP contribution in [0.4, 0.5) is 10.1 Å². The highest BCUT2D eigenvalue weighted by Crippen LogP contribution is 2.23. The summed E-state index contributed by atoms with van der Waals surface area (Å²) in [5, 5.41) is 0. The summed E-state index contributed by atoms with van der Waals surface area (Å²) in [5.74, 6) is 1.05. The van der Waals surface area contributed by atoms with E-state index in [0.717, 1.165) is 5.69 Å². The Hall–Kier alpha value is -0.940. The molecule has 0 amide bonds. The van der Waals surface area contributed by atoms with Crippen molar-refractivity contribution in [1.82, 2.24) is 0 Å². The molecule has 1 aromatic carbocycles. The first kappa shape index (κ1) is 11.5. The number of nitrogens with zero attached hydrogens (tertiary/aromatic N) is 1. The number of benzene rings is 1. The lowest BCUT2D eigenvalue weighted by molar-refractivity contribution is 0.608. The summed E-state index contributed by atoms with van der Waals surface area (Å²) in [6, 6.07) is 4.99. The first-order valence-corrected chi connectivity index (χ1v) is 6.78. The van der Waals surface area contributed by atoms with Gasteiger partial charge in [0.05, 0.1) is 0 Å². The van der Waals surface area contributed by atoms with Crippen molar-refractivity contribution in [3.8, 4) is 0 Å². The van der Waals surface area contributed by atoms with Crippen LogP contribution >= 0.6 is 0 Å². The normalized spacial score (nSPS) is 17.8. The molecule has 3 nitrogen and oxygen atoms in total. The smallest absolute Gasteiger partial charge is 0.129 e. The standard InChI is InChI=1S/C11H15FN2OS/c12-10-2-1-3-11(9(10)8-13)14-4-6-16(15)7-5-14/h1-3H,4-8,13H2. The van der Waals surface area contributed by atoms with E-state index in [2.05, 4.69) is 4.90 Å². The van der Waals surface area contributed by atoms with Crippen molar-refractivity contribution in [2.24, 2.45) is 5.73 Å². The molecule has 0 aromatic heterocycles. The maximum absolute atomic E-state index is 13.5. The first-order chi connectivity index (χ1) is 7.72. The highest BCUT2D eigenvalue weighted by Gasteiger charge is 2.18. The van der Waals surface area contributed by atoms with E-state index in [1.165, 1.54) is 6.07 Å². The van der Waals surface area contributed by atoms with Gasteiger partial charge < -0.3 is 10.6 Å². The monoisotopic (exact) mass is 242 g/mol. The molecule has 1 saturated heterocycles. The molecule has 1 fully saturated rings. The molecular weight excluding hydrogens is 227 g/mol. The summed E-state index contributed by atoms with van der Waals surface area (Å²) >= 11 is 0. The maximum atomic E-state index is 13.5. The van der Waals surface area contributed by atoms with Crippen LogP contribution in [0.15, 0.2) is 18.2 Å². The highest BCUT2D eigenvalue weighted by molar-refractivity contribution is 7.85. The van der Waals surface area contributed by atoms with Crippen LogP contribution in [0.25, 0.3) is 0 Å². The van der Waals surface area contributed by atoms with E-state index in [1.54, 1.807) is 6.07 Å². The van der Waals surface area contributed by atoms with Gasteiger partial charge in [-0.2, -0.15) is 0 Å². The highest BCUT2D eigenvalue weighted by atomic mass is 32.2. The molecule has 0 unspecified atom stereocenters. The average molecular weight is 242 g/mol. The second-order valence-corrected chi connectivity index (χ2v) is 5.47. The molecule has 0 saturated carbocycles. The molecule has 0 atom stereocenters. The summed E-state index contributed by atoms with van der Waals surface area (Å²) in [5.41, 5.74) is 6.96. The fraction of sp³-hybridized carbons (Fsp3) is 0.455. The first-order valence-electron chi connectivity index (χ1n) is 5.29. The molecule has 5 heteroatoms. The van der Waals surface area contributed by atoms with Crippen LogP contribution < -0.4 is 10.6 Å². The Kier molecular flexibility index (Phi) is 3.56. The van der Waals surface area contributed by atoms with E-state index in [9.17, 15) is 8.60 Å². The molecule has 0 aliphatic carbocycles. The van der Waals surface area contributed by atoms with Gasteiger partial charge in [0.2, 0.25) is 0 Å². The minimum Gasteiger partial charge on any atom is -0.369 e. The lowest BCUT2D eigenvalue weighted by atomic mass is 10.1. The van der Waals surface area contributed by atoms with Crippen LogP contribution in [0.2, 0.25) is 0 Å². The van der Waals surface area contributed by atoms with E-state index >= 15 is 0 Å². The number of anilines is 1. The topological polar surface area (TPSA) is 46.3 Å². The van der Waals surface area contributed by atoms with Crippen LogP contribution in [0, 0.1) is 5.82 Å². The molecule has 88 valence electrons. The van der Waals surface area contributed by atoms with E-state index in [0.29, 0.717) is 30.2 Å². The van der Waals surface area contributed by atoms with Crippen molar-refractivity contribution in [3.05, 3.63) is 29.6 Å². The van der Waals surface area contributed by atoms with E-state index < -0.39 is 10.8 Å². The van der Waals surface area contributed by atoms with Crippen LogP contribution in [0.3, 0.4) is 0 Å². The Morgan fingerprint density at radius 3 is 2.69 bits per heavy atom. The minimum absolute atomic E-state index is 0.196. The third-order valence-electron chi connectivity index (χ3n) is 2.82. The Balaban J connectivity index is 2.26. The number of rotatable bonds is 2. The molecule has 2 N–H and O–H groups in total. The minimum atomic E-state index is -0.715. The quantitative estimate of drug-likeness (QED) is 0.836. The van der Waals surface area contributed by atoms with Crippen molar-refractivity contribution in [2.45, 2.75) is 6.54 Å². The zero-order valence-electron chi connectivity index (χ0n) is 8.99. The Morgan fingerprint density at radius 1 is 1.38 bits per heavy atom. The van der Waals surface area contributed by atoms with Crippen LogP contribution in [0.5, 0.6) is 0 Å². The molecule has 1 aromatic rings. The van der Waals surface area contributed by atoms with Gasteiger partial charge in [-0.3, -0.25) is 4.21 Å². The largest absolute Gasteiger partial charge is 0.369 e. The number of halogens is 1.